The molecule has 1 fully saturated rings. The van der Waals surface area contributed by atoms with Gasteiger partial charge >= 0.3 is 0 Å². The number of halogens is 1. The highest BCUT2D eigenvalue weighted by molar-refractivity contribution is 5.94. The lowest BCUT2D eigenvalue weighted by Gasteiger charge is -2.39. The Bertz CT molecular complexity index is 1240. The molecule has 0 aromatic heterocycles. The maximum atomic E-state index is 13.6. The minimum atomic E-state index is -0.710. The zero-order chi connectivity index (χ0) is 25.8. The van der Waals surface area contributed by atoms with Crippen LogP contribution in [-0.4, -0.2) is 29.4 Å². The molecule has 2 aliphatic rings. The lowest BCUT2D eigenvalue weighted by Crippen LogP contribution is -2.43. The first-order valence-electron chi connectivity index (χ1n) is 13.2. The molecular formula is C31H33FN2O3. The first-order chi connectivity index (χ1) is 18.0. The number of amides is 2. The Kier molecular flexibility index (Phi) is 7.54. The summed E-state index contributed by atoms with van der Waals surface area (Å²) in [6.07, 6.45) is 4.72. The fraction of sp³-hybridized carbons (Fsp3) is 0.355. The normalized spacial score (nSPS) is 18.2. The van der Waals surface area contributed by atoms with Gasteiger partial charge in [-0.15, -0.1) is 0 Å². The SMILES string of the molecule is CCC(Oc1ccc2c(c1)C(c1ccccc1)N(C(=O)C1CCCC1)CC2)C(=O)Nc1ccc(F)cc1. The monoisotopic (exact) mass is 500 g/mol. The molecule has 1 aliphatic carbocycles. The molecule has 1 N–H and O–H groups in total. The summed E-state index contributed by atoms with van der Waals surface area (Å²) in [5, 5.41) is 2.81. The van der Waals surface area contributed by atoms with Crippen molar-refractivity contribution in [3.8, 4) is 5.75 Å². The van der Waals surface area contributed by atoms with Crippen LogP contribution in [0.25, 0.3) is 0 Å². The Balaban J connectivity index is 1.41. The van der Waals surface area contributed by atoms with E-state index in [1.807, 2.05) is 37.3 Å². The van der Waals surface area contributed by atoms with Crippen LogP contribution in [-0.2, 0) is 16.0 Å². The van der Waals surface area contributed by atoms with Crippen LogP contribution in [0.15, 0.2) is 72.8 Å². The number of benzene rings is 3. The van der Waals surface area contributed by atoms with E-state index in [9.17, 15) is 14.0 Å². The molecule has 1 heterocycles. The van der Waals surface area contributed by atoms with Crippen molar-refractivity contribution in [3.05, 3.63) is 95.3 Å². The Morgan fingerprint density at radius 3 is 2.46 bits per heavy atom. The van der Waals surface area contributed by atoms with Crippen molar-refractivity contribution >= 4 is 17.5 Å². The zero-order valence-corrected chi connectivity index (χ0v) is 21.2. The summed E-state index contributed by atoms with van der Waals surface area (Å²) in [6, 6.07) is 21.6. The summed E-state index contributed by atoms with van der Waals surface area (Å²) >= 11 is 0. The molecule has 3 aromatic rings. The first kappa shape index (κ1) is 25.0. The second-order valence-corrected chi connectivity index (χ2v) is 9.95. The highest BCUT2D eigenvalue weighted by Gasteiger charge is 2.36. The molecule has 0 spiro atoms. The highest BCUT2D eigenvalue weighted by Crippen LogP contribution is 2.39. The van der Waals surface area contributed by atoms with E-state index in [0.717, 1.165) is 43.2 Å². The van der Waals surface area contributed by atoms with Crippen LogP contribution in [0.2, 0.25) is 0 Å². The number of ether oxygens (including phenoxy) is 1. The van der Waals surface area contributed by atoms with E-state index >= 15 is 0 Å². The van der Waals surface area contributed by atoms with E-state index in [1.54, 1.807) is 0 Å². The molecule has 2 amide bonds. The molecular weight excluding hydrogens is 467 g/mol. The average molecular weight is 501 g/mol. The molecule has 0 bridgehead atoms. The van der Waals surface area contributed by atoms with Crippen LogP contribution in [0.1, 0.15) is 61.8 Å². The van der Waals surface area contributed by atoms with Crippen molar-refractivity contribution in [1.29, 1.82) is 0 Å². The van der Waals surface area contributed by atoms with Crippen LogP contribution in [0.4, 0.5) is 10.1 Å². The second kappa shape index (κ2) is 11.2. The molecule has 1 aliphatic heterocycles. The van der Waals surface area contributed by atoms with Gasteiger partial charge in [-0.25, -0.2) is 4.39 Å². The van der Waals surface area contributed by atoms with Crippen LogP contribution in [0, 0.1) is 11.7 Å². The van der Waals surface area contributed by atoms with Crippen molar-refractivity contribution in [3.63, 3.8) is 0 Å². The van der Waals surface area contributed by atoms with Crippen molar-refractivity contribution in [2.24, 2.45) is 5.92 Å². The predicted molar refractivity (Wildman–Crippen MR) is 142 cm³/mol. The van der Waals surface area contributed by atoms with Gasteiger partial charge in [0.05, 0.1) is 6.04 Å². The third-order valence-electron chi connectivity index (χ3n) is 7.50. The number of nitrogens with one attached hydrogen (secondary N) is 1. The third-order valence-corrected chi connectivity index (χ3v) is 7.50. The molecule has 37 heavy (non-hydrogen) atoms. The van der Waals surface area contributed by atoms with Crippen molar-refractivity contribution < 1.29 is 18.7 Å². The summed E-state index contributed by atoms with van der Waals surface area (Å²) in [5.74, 6) is 0.296. The van der Waals surface area contributed by atoms with Crippen LogP contribution in [0.5, 0.6) is 5.75 Å². The molecule has 0 radical (unpaired) electrons. The lowest BCUT2D eigenvalue weighted by molar-refractivity contribution is -0.137. The largest absolute Gasteiger partial charge is 0.481 e. The van der Waals surface area contributed by atoms with Gasteiger partial charge < -0.3 is 15.0 Å². The first-order valence-corrected chi connectivity index (χ1v) is 13.2. The van der Waals surface area contributed by atoms with E-state index in [4.69, 9.17) is 4.74 Å². The van der Waals surface area contributed by atoms with Gasteiger partial charge in [0.2, 0.25) is 5.91 Å². The zero-order valence-electron chi connectivity index (χ0n) is 21.2. The third kappa shape index (κ3) is 5.53. The van der Waals surface area contributed by atoms with Crippen LogP contribution in [0.3, 0.4) is 0 Å². The van der Waals surface area contributed by atoms with E-state index in [2.05, 4.69) is 28.4 Å². The average Bonchev–Trinajstić information content (AvgIpc) is 3.47. The van der Waals surface area contributed by atoms with Gasteiger partial charge in [0.1, 0.15) is 11.6 Å². The summed E-state index contributed by atoms with van der Waals surface area (Å²) in [6.45, 7) is 2.59. The molecule has 1 saturated carbocycles. The molecule has 2 unspecified atom stereocenters. The molecule has 6 heteroatoms. The predicted octanol–water partition coefficient (Wildman–Crippen LogP) is 6.29. The summed E-state index contributed by atoms with van der Waals surface area (Å²) in [7, 11) is 0. The number of hydrogen-bond donors (Lipinski definition) is 1. The van der Waals surface area contributed by atoms with Crippen LogP contribution < -0.4 is 10.1 Å². The Morgan fingerprint density at radius 1 is 1.03 bits per heavy atom. The van der Waals surface area contributed by atoms with E-state index < -0.39 is 6.10 Å². The molecule has 192 valence electrons. The lowest BCUT2D eigenvalue weighted by atomic mass is 9.87. The molecule has 5 rings (SSSR count). The topological polar surface area (TPSA) is 58.6 Å². The van der Waals surface area contributed by atoms with Gasteiger partial charge in [0.15, 0.2) is 6.10 Å². The molecule has 5 nitrogen and oxygen atoms in total. The summed E-state index contributed by atoms with van der Waals surface area (Å²) < 4.78 is 19.4. The Morgan fingerprint density at radius 2 is 1.76 bits per heavy atom. The number of hydrogen-bond acceptors (Lipinski definition) is 3. The van der Waals surface area contributed by atoms with Crippen molar-refractivity contribution in [2.75, 3.05) is 11.9 Å². The number of fused-ring (bicyclic) bond motifs is 1. The minimum Gasteiger partial charge on any atom is -0.481 e. The fourth-order valence-electron chi connectivity index (χ4n) is 5.55. The van der Waals surface area contributed by atoms with Gasteiger partial charge in [0, 0.05) is 18.2 Å². The fourth-order valence-corrected chi connectivity index (χ4v) is 5.55. The van der Waals surface area contributed by atoms with Crippen molar-refractivity contribution in [2.45, 2.75) is 57.6 Å². The molecule has 0 saturated heterocycles. The maximum absolute atomic E-state index is 13.6. The van der Waals surface area contributed by atoms with Gasteiger partial charge in [-0.05, 0) is 78.8 Å². The van der Waals surface area contributed by atoms with Gasteiger partial charge in [-0.1, -0.05) is 56.2 Å². The Hall–Kier alpha value is -3.67. The van der Waals surface area contributed by atoms with E-state index in [-0.39, 0.29) is 29.6 Å². The standard InChI is InChI=1S/C31H33FN2O3/c1-2-28(30(35)33-25-15-13-24(32)14-16-25)37-26-17-12-21-18-19-34(31(36)23-10-6-7-11-23)29(27(21)20-26)22-8-4-3-5-9-22/h3-5,8-9,12-17,20,23,28-29H,2,6-7,10-11,18-19H2,1H3,(H,33,35). The van der Waals surface area contributed by atoms with E-state index in [1.165, 1.54) is 29.8 Å². The number of carbonyl (C=O) groups is 2. The smallest absolute Gasteiger partial charge is 0.265 e. The number of nitrogens with zero attached hydrogens (tertiary/aromatic N) is 1. The van der Waals surface area contributed by atoms with Gasteiger partial charge in [-0.2, -0.15) is 0 Å². The Labute approximate surface area is 217 Å². The minimum absolute atomic E-state index is 0.104. The second-order valence-electron chi connectivity index (χ2n) is 9.95. The number of carbonyl (C=O) groups excluding carboxylic acids is 2. The maximum Gasteiger partial charge on any atom is 0.265 e. The van der Waals surface area contributed by atoms with Crippen LogP contribution >= 0.6 is 0 Å². The molecule has 2 atom stereocenters. The number of anilines is 1. The summed E-state index contributed by atoms with van der Waals surface area (Å²) in [5.41, 5.74) is 3.84. The van der Waals surface area contributed by atoms with Gasteiger partial charge in [0.25, 0.3) is 5.91 Å². The summed E-state index contributed by atoms with van der Waals surface area (Å²) in [4.78, 5) is 28.6. The van der Waals surface area contributed by atoms with Crippen molar-refractivity contribution in [1.82, 2.24) is 4.90 Å². The highest BCUT2D eigenvalue weighted by atomic mass is 19.1. The quantitative estimate of drug-likeness (QED) is 0.415. The van der Waals surface area contributed by atoms with E-state index in [0.29, 0.717) is 24.4 Å². The van der Waals surface area contributed by atoms with Gasteiger partial charge in [-0.3, -0.25) is 9.59 Å². The number of rotatable bonds is 7. The molecule has 3 aromatic carbocycles.